The van der Waals surface area contributed by atoms with Gasteiger partial charge in [-0.2, -0.15) is 0 Å². The Morgan fingerprint density at radius 3 is 2.25 bits per heavy atom. The minimum absolute atomic E-state index is 0.0420. The summed E-state index contributed by atoms with van der Waals surface area (Å²) in [5.74, 6) is 3.14. The summed E-state index contributed by atoms with van der Waals surface area (Å²) in [7, 11) is 0. The summed E-state index contributed by atoms with van der Waals surface area (Å²) < 4.78 is 6.27. The molecule has 2 nitrogen and oxygen atoms in total. The molecular weight excluding hydrogens is 248 g/mol. The topological polar surface area (TPSA) is 26.3 Å². The van der Waals surface area contributed by atoms with Gasteiger partial charge in [0.2, 0.25) is 0 Å². The number of hydrogen-bond acceptors (Lipinski definition) is 2. The average molecular weight is 278 g/mol. The summed E-state index contributed by atoms with van der Waals surface area (Å²) in [6.45, 7) is 8.42. The predicted molar refractivity (Wildman–Crippen MR) is 80.2 cm³/mol. The highest BCUT2D eigenvalue weighted by molar-refractivity contribution is 5.76. The van der Waals surface area contributed by atoms with E-state index in [1.165, 1.54) is 25.7 Å². The van der Waals surface area contributed by atoms with Crippen molar-refractivity contribution in [2.75, 3.05) is 0 Å². The van der Waals surface area contributed by atoms with Gasteiger partial charge in [0.05, 0.1) is 5.41 Å². The summed E-state index contributed by atoms with van der Waals surface area (Å²) in [6, 6.07) is 0. The summed E-state index contributed by atoms with van der Waals surface area (Å²) in [5, 5.41) is 0. The van der Waals surface area contributed by atoms with Crippen molar-refractivity contribution in [1.82, 2.24) is 0 Å². The van der Waals surface area contributed by atoms with Gasteiger partial charge >= 0.3 is 5.97 Å². The lowest BCUT2D eigenvalue weighted by molar-refractivity contribution is -0.216. The Hall–Kier alpha value is -0.530. The summed E-state index contributed by atoms with van der Waals surface area (Å²) in [6.07, 6.45) is 8.49. The molecule has 0 N–H and O–H groups in total. The number of carbonyl (C=O) groups is 1. The Labute approximate surface area is 123 Å². The molecule has 2 heteroatoms. The van der Waals surface area contributed by atoms with Crippen LogP contribution in [-0.2, 0) is 9.53 Å². The third-order valence-electron chi connectivity index (χ3n) is 6.62. The molecule has 4 saturated carbocycles. The van der Waals surface area contributed by atoms with E-state index in [0.717, 1.165) is 37.0 Å². The van der Waals surface area contributed by atoms with Gasteiger partial charge in [0.25, 0.3) is 0 Å². The third kappa shape index (κ3) is 2.10. The van der Waals surface area contributed by atoms with Crippen LogP contribution in [0.4, 0.5) is 0 Å². The van der Waals surface area contributed by atoms with Crippen molar-refractivity contribution in [1.29, 1.82) is 0 Å². The molecule has 0 heterocycles. The van der Waals surface area contributed by atoms with Crippen LogP contribution in [0.1, 0.15) is 72.6 Å². The molecular formula is C18H30O2. The number of hydrogen-bond donors (Lipinski definition) is 0. The van der Waals surface area contributed by atoms with Crippen molar-refractivity contribution >= 4 is 5.97 Å². The maximum atomic E-state index is 12.6. The maximum Gasteiger partial charge on any atom is 0.312 e. The average Bonchev–Trinajstić information content (AvgIpc) is 2.37. The minimum Gasteiger partial charge on any atom is -0.458 e. The molecule has 0 aromatic heterocycles. The second kappa shape index (κ2) is 4.74. The first-order chi connectivity index (χ1) is 9.40. The highest BCUT2D eigenvalue weighted by Gasteiger charge is 2.59. The largest absolute Gasteiger partial charge is 0.458 e. The first-order valence-electron chi connectivity index (χ1n) is 8.63. The van der Waals surface area contributed by atoms with E-state index in [4.69, 9.17) is 4.74 Å². The van der Waals surface area contributed by atoms with Crippen LogP contribution in [0.25, 0.3) is 0 Å². The van der Waals surface area contributed by atoms with Crippen LogP contribution in [0.15, 0.2) is 0 Å². The minimum atomic E-state index is -0.332. The number of rotatable bonds is 4. The molecule has 0 saturated heterocycles. The molecule has 0 aromatic rings. The second-order valence-electron chi connectivity index (χ2n) is 8.31. The van der Waals surface area contributed by atoms with E-state index >= 15 is 0 Å². The van der Waals surface area contributed by atoms with Gasteiger partial charge in [0.15, 0.2) is 0 Å². The van der Waals surface area contributed by atoms with Crippen LogP contribution in [0, 0.1) is 29.1 Å². The van der Waals surface area contributed by atoms with Crippen LogP contribution in [0.5, 0.6) is 0 Å². The Morgan fingerprint density at radius 1 is 1.15 bits per heavy atom. The van der Waals surface area contributed by atoms with Crippen LogP contribution >= 0.6 is 0 Å². The molecule has 0 aliphatic heterocycles. The monoisotopic (exact) mass is 278 g/mol. The Balaban J connectivity index is 1.84. The zero-order valence-electron chi connectivity index (χ0n) is 13.6. The normalized spacial score (nSPS) is 42.8. The molecule has 4 aliphatic carbocycles. The van der Waals surface area contributed by atoms with Crippen molar-refractivity contribution in [2.45, 2.75) is 78.2 Å². The predicted octanol–water partition coefficient (Wildman–Crippen LogP) is 4.57. The highest BCUT2D eigenvalue weighted by Crippen LogP contribution is 2.61. The van der Waals surface area contributed by atoms with Gasteiger partial charge in [-0.25, -0.2) is 0 Å². The van der Waals surface area contributed by atoms with Crippen molar-refractivity contribution < 1.29 is 9.53 Å². The van der Waals surface area contributed by atoms with E-state index in [-0.39, 0.29) is 17.0 Å². The zero-order chi connectivity index (χ0) is 14.5. The molecule has 3 unspecified atom stereocenters. The number of esters is 1. The lowest BCUT2D eigenvalue weighted by atomic mass is 9.49. The van der Waals surface area contributed by atoms with E-state index in [2.05, 4.69) is 13.8 Å². The Kier molecular flexibility index (Phi) is 3.42. The van der Waals surface area contributed by atoms with Gasteiger partial charge in [-0.3, -0.25) is 4.79 Å². The molecule has 4 fully saturated rings. The SMILES string of the molecule is CCC1C2CC3CC(C2)CC1(OC(=O)C(C)(C)CC)C3. The summed E-state index contributed by atoms with van der Waals surface area (Å²) >= 11 is 0. The molecule has 4 aliphatic rings. The first kappa shape index (κ1) is 14.4. The molecule has 0 amide bonds. The molecule has 4 bridgehead atoms. The molecule has 0 spiro atoms. The zero-order valence-corrected chi connectivity index (χ0v) is 13.6. The van der Waals surface area contributed by atoms with Crippen molar-refractivity contribution in [3.8, 4) is 0 Å². The van der Waals surface area contributed by atoms with Crippen molar-refractivity contribution in [3.05, 3.63) is 0 Å². The summed E-state index contributed by atoms with van der Waals surface area (Å²) in [5.41, 5.74) is -0.436. The fourth-order valence-corrected chi connectivity index (χ4v) is 5.40. The van der Waals surface area contributed by atoms with Crippen LogP contribution in [0.3, 0.4) is 0 Å². The molecule has 3 atom stereocenters. The molecule has 114 valence electrons. The van der Waals surface area contributed by atoms with E-state index in [9.17, 15) is 4.79 Å². The van der Waals surface area contributed by atoms with Crippen LogP contribution in [-0.4, -0.2) is 11.6 Å². The lowest BCUT2D eigenvalue weighted by Crippen LogP contribution is -2.59. The quantitative estimate of drug-likeness (QED) is 0.704. The molecule has 20 heavy (non-hydrogen) atoms. The van der Waals surface area contributed by atoms with Crippen molar-refractivity contribution in [3.63, 3.8) is 0 Å². The van der Waals surface area contributed by atoms with Crippen molar-refractivity contribution in [2.24, 2.45) is 29.1 Å². The van der Waals surface area contributed by atoms with E-state index in [1.807, 2.05) is 13.8 Å². The lowest BCUT2D eigenvalue weighted by Gasteiger charge is -2.60. The summed E-state index contributed by atoms with van der Waals surface area (Å²) in [4.78, 5) is 12.6. The first-order valence-corrected chi connectivity index (χ1v) is 8.63. The number of carbonyl (C=O) groups excluding carboxylic acids is 1. The van der Waals surface area contributed by atoms with Gasteiger partial charge in [0, 0.05) is 5.92 Å². The Morgan fingerprint density at radius 2 is 1.75 bits per heavy atom. The van der Waals surface area contributed by atoms with Crippen LogP contribution in [0.2, 0.25) is 0 Å². The molecule has 0 radical (unpaired) electrons. The van der Waals surface area contributed by atoms with Gasteiger partial charge in [-0.15, -0.1) is 0 Å². The fourth-order valence-electron chi connectivity index (χ4n) is 5.40. The third-order valence-corrected chi connectivity index (χ3v) is 6.62. The Bertz CT molecular complexity index is 384. The van der Waals surface area contributed by atoms with Gasteiger partial charge in [-0.1, -0.05) is 13.8 Å². The van der Waals surface area contributed by atoms with E-state index in [1.54, 1.807) is 0 Å². The van der Waals surface area contributed by atoms with Gasteiger partial charge < -0.3 is 4.74 Å². The molecule has 0 aromatic carbocycles. The smallest absolute Gasteiger partial charge is 0.312 e. The number of ether oxygens (including phenoxy) is 1. The highest BCUT2D eigenvalue weighted by atomic mass is 16.6. The second-order valence-corrected chi connectivity index (χ2v) is 8.31. The van der Waals surface area contributed by atoms with Crippen LogP contribution < -0.4 is 0 Å². The van der Waals surface area contributed by atoms with Gasteiger partial charge in [0.1, 0.15) is 5.60 Å². The maximum absolute atomic E-state index is 12.6. The van der Waals surface area contributed by atoms with E-state index in [0.29, 0.717) is 5.92 Å². The van der Waals surface area contributed by atoms with E-state index < -0.39 is 0 Å². The standard InChI is InChI=1S/C18H30O2/c1-5-15-14-8-12-7-13(9-14)11-18(15,10-12)20-16(19)17(3,4)6-2/h12-15H,5-11H2,1-4H3. The molecule has 4 rings (SSSR count). The fraction of sp³-hybridized carbons (Fsp3) is 0.944. The van der Waals surface area contributed by atoms with Gasteiger partial charge in [-0.05, 0) is 76.5 Å².